The van der Waals surface area contributed by atoms with Gasteiger partial charge in [-0.3, -0.25) is 4.79 Å². The fourth-order valence-electron chi connectivity index (χ4n) is 1.33. The summed E-state index contributed by atoms with van der Waals surface area (Å²) in [4.78, 5) is 22.9. The Kier molecular flexibility index (Phi) is 5.92. The van der Waals surface area contributed by atoms with Crippen LogP contribution in [-0.4, -0.2) is 33.1 Å². The van der Waals surface area contributed by atoms with Crippen LogP contribution in [0.25, 0.3) is 0 Å². The smallest absolute Gasteiger partial charge is 0.425 e. The molecule has 0 aliphatic heterocycles. The fraction of sp³-hybridized carbons (Fsp3) is 0.429. The lowest BCUT2D eigenvalue weighted by molar-refractivity contribution is -0.170. The number of benzene rings is 1. The lowest BCUT2D eigenvalue weighted by Crippen LogP contribution is -2.25. The van der Waals surface area contributed by atoms with E-state index in [1.54, 1.807) is 13.8 Å². The lowest BCUT2D eigenvalue weighted by atomic mass is 10.2. The molecule has 0 aliphatic carbocycles. The number of ether oxygens (including phenoxy) is 3. The second-order valence-electron chi connectivity index (χ2n) is 4.87. The van der Waals surface area contributed by atoms with Crippen molar-refractivity contribution in [1.29, 1.82) is 0 Å². The first-order chi connectivity index (χ1) is 10.1. The lowest BCUT2D eigenvalue weighted by Gasteiger charge is -2.15. The van der Waals surface area contributed by atoms with Crippen molar-refractivity contribution in [1.82, 2.24) is 0 Å². The second-order valence-corrected chi connectivity index (χ2v) is 6.89. The first-order valence-electron chi connectivity index (χ1n) is 6.48. The van der Waals surface area contributed by atoms with Crippen LogP contribution in [0.4, 0.5) is 4.79 Å². The van der Waals surface area contributed by atoms with Gasteiger partial charge in [-0.05, 0) is 24.3 Å². The third kappa shape index (κ3) is 5.72. The highest BCUT2D eigenvalue weighted by atomic mass is 32.2. The van der Waals surface area contributed by atoms with E-state index >= 15 is 0 Å². The maximum Gasteiger partial charge on any atom is 0.516 e. The number of rotatable bonds is 5. The monoisotopic (exact) mass is 330 g/mol. The van der Waals surface area contributed by atoms with E-state index < -0.39 is 28.3 Å². The summed E-state index contributed by atoms with van der Waals surface area (Å²) in [7, 11) is -3.32. The minimum Gasteiger partial charge on any atom is -0.425 e. The van der Waals surface area contributed by atoms with Crippen LogP contribution in [0.5, 0.6) is 5.75 Å². The summed E-state index contributed by atoms with van der Waals surface area (Å²) in [6.07, 6.45) is -1.07. The summed E-state index contributed by atoms with van der Waals surface area (Å²) in [5.41, 5.74) is 0. The van der Waals surface area contributed by atoms with Crippen molar-refractivity contribution in [3.05, 3.63) is 24.3 Å². The van der Waals surface area contributed by atoms with Crippen LogP contribution >= 0.6 is 0 Å². The Morgan fingerprint density at radius 2 is 1.55 bits per heavy atom. The number of carbonyl (C=O) groups excluding carboxylic acids is 2. The topological polar surface area (TPSA) is 96.0 Å². The maximum absolute atomic E-state index is 11.5. The molecule has 1 rings (SSSR count). The van der Waals surface area contributed by atoms with Gasteiger partial charge in [0.05, 0.1) is 10.8 Å². The molecule has 22 heavy (non-hydrogen) atoms. The van der Waals surface area contributed by atoms with Gasteiger partial charge in [-0.15, -0.1) is 0 Å². The number of hydrogen-bond acceptors (Lipinski definition) is 7. The van der Waals surface area contributed by atoms with Gasteiger partial charge in [-0.25, -0.2) is 13.2 Å². The first-order valence-corrected chi connectivity index (χ1v) is 8.38. The van der Waals surface area contributed by atoms with Gasteiger partial charge in [0.2, 0.25) is 6.29 Å². The van der Waals surface area contributed by atoms with Crippen LogP contribution in [0.1, 0.15) is 20.8 Å². The van der Waals surface area contributed by atoms with Crippen LogP contribution in [-0.2, 0) is 24.1 Å². The van der Waals surface area contributed by atoms with Gasteiger partial charge in [0.1, 0.15) is 5.75 Å². The summed E-state index contributed by atoms with van der Waals surface area (Å²) >= 11 is 0. The predicted molar refractivity (Wildman–Crippen MR) is 77.1 cm³/mol. The molecule has 1 aromatic rings. The van der Waals surface area contributed by atoms with E-state index in [1.165, 1.54) is 31.2 Å². The minimum absolute atomic E-state index is 0.104. The normalized spacial score (nSPS) is 12.6. The molecular weight excluding hydrogens is 312 g/mol. The van der Waals surface area contributed by atoms with Gasteiger partial charge in [-0.1, -0.05) is 13.8 Å². The summed E-state index contributed by atoms with van der Waals surface area (Å²) in [5.74, 6) is -0.733. The average Bonchev–Trinajstić information content (AvgIpc) is 2.37. The molecule has 0 amide bonds. The van der Waals surface area contributed by atoms with Crippen LogP contribution in [0, 0.1) is 5.92 Å². The van der Waals surface area contributed by atoms with E-state index in [9.17, 15) is 18.0 Å². The largest absolute Gasteiger partial charge is 0.516 e. The fourth-order valence-corrected chi connectivity index (χ4v) is 1.96. The molecule has 0 fully saturated rings. The van der Waals surface area contributed by atoms with Crippen molar-refractivity contribution in [2.45, 2.75) is 32.0 Å². The molecule has 7 nitrogen and oxygen atoms in total. The van der Waals surface area contributed by atoms with Crippen molar-refractivity contribution in [2.75, 3.05) is 6.26 Å². The van der Waals surface area contributed by atoms with E-state index in [2.05, 4.69) is 0 Å². The molecule has 8 heteroatoms. The second kappa shape index (κ2) is 7.26. The summed E-state index contributed by atoms with van der Waals surface area (Å²) in [6, 6.07) is 5.26. The Morgan fingerprint density at radius 3 is 2.00 bits per heavy atom. The van der Waals surface area contributed by atoms with E-state index in [-0.39, 0.29) is 16.6 Å². The molecule has 122 valence electrons. The Bertz CT molecular complexity index is 632. The average molecular weight is 330 g/mol. The molecule has 0 bridgehead atoms. The zero-order chi connectivity index (χ0) is 16.9. The Morgan fingerprint density at radius 1 is 1.00 bits per heavy atom. The first kappa shape index (κ1) is 18.0. The van der Waals surface area contributed by atoms with Gasteiger partial charge < -0.3 is 14.2 Å². The highest BCUT2D eigenvalue weighted by Gasteiger charge is 2.18. The minimum atomic E-state index is -3.32. The Balaban J connectivity index is 2.57. The van der Waals surface area contributed by atoms with Crippen molar-refractivity contribution < 1.29 is 32.2 Å². The van der Waals surface area contributed by atoms with Crippen LogP contribution in [0.15, 0.2) is 29.2 Å². The molecule has 0 saturated carbocycles. The molecule has 1 unspecified atom stereocenters. The molecule has 0 aromatic heterocycles. The van der Waals surface area contributed by atoms with Crippen molar-refractivity contribution in [3.8, 4) is 5.75 Å². The molecule has 1 aromatic carbocycles. The maximum atomic E-state index is 11.5. The Labute approximate surface area is 129 Å². The number of hydrogen-bond donors (Lipinski definition) is 0. The van der Waals surface area contributed by atoms with Gasteiger partial charge in [0, 0.05) is 13.2 Å². The number of carbonyl (C=O) groups is 2. The molecular formula is C14H18O7S. The van der Waals surface area contributed by atoms with Gasteiger partial charge >= 0.3 is 12.1 Å². The molecule has 0 N–H and O–H groups in total. The van der Waals surface area contributed by atoms with Gasteiger partial charge in [-0.2, -0.15) is 0 Å². The molecule has 0 spiro atoms. The van der Waals surface area contributed by atoms with Crippen molar-refractivity contribution >= 4 is 22.0 Å². The zero-order valence-corrected chi connectivity index (χ0v) is 13.5. The van der Waals surface area contributed by atoms with E-state index in [4.69, 9.17) is 14.2 Å². The zero-order valence-electron chi connectivity index (χ0n) is 12.7. The van der Waals surface area contributed by atoms with Crippen molar-refractivity contribution in [3.63, 3.8) is 0 Å². The van der Waals surface area contributed by atoms with Crippen LogP contribution < -0.4 is 4.74 Å². The predicted octanol–water partition coefficient (Wildman–Crippen LogP) is 2.15. The highest BCUT2D eigenvalue weighted by Crippen LogP contribution is 2.16. The van der Waals surface area contributed by atoms with Gasteiger partial charge in [0.15, 0.2) is 9.84 Å². The van der Waals surface area contributed by atoms with E-state index in [0.717, 1.165) is 6.26 Å². The third-order valence-electron chi connectivity index (χ3n) is 2.47. The molecule has 0 heterocycles. The van der Waals surface area contributed by atoms with E-state index in [0.29, 0.717) is 0 Å². The van der Waals surface area contributed by atoms with Crippen LogP contribution in [0.2, 0.25) is 0 Å². The van der Waals surface area contributed by atoms with Gasteiger partial charge in [0.25, 0.3) is 0 Å². The molecule has 0 radical (unpaired) electrons. The molecule has 1 atom stereocenters. The standard InChI is InChI=1S/C14H18O7S/c1-9(2)13(15)19-10(3)20-14(16)21-11-5-7-12(8-6-11)22(4,17)18/h5-10H,1-4H3. The quantitative estimate of drug-likeness (QED) is 0.463. The molecule has 0 saturated heterocycles. The SMILES string of the molecule is CC(OC(=O)Oc1ccc(S(C)(=O)=O)cc1)OC(=O)C(C)C. The summed E-state index contributed by atoms with van der Waals surface area (Å²) in [5, 5.41) is 0. The van der Waals surface area contributed by atoms with Crippen molar-refractivity contribution in [2.24, 2.45) is 5.92 Å². The summed E-state index contributed by atoms with van der Waals surface area (Å²) < 4.78 is 37.0. The summed E-state index contributed by atoms with van der Waals surface area (Å²) in [6.45, 7) is 4.68. The van der Waals surface area contributed by atoms with Crippen LogP contribution in [0.3, 0.4) is 0 Å². The number of sulfone groups is 1. The highest BCUT2D eigenvalue weighted by molar-refractivity contribution is 7.90. The molecule has 0 aliphatic rings. The Hall–Kier alpha value is -2.09. The third-order valence-corrected chi connectivity index (χ3v) is 3.60. The number of esters is 1. The van der Waals surface area contributed by atoms with E-state index in [1.807, 2.05) is 0 Å².